The molecule has 0 aliphatic rings. The van der Waals surface area contributed by atoms with Crippen molar-refractivity contribution in [3.8, 4) is 11.1 Å². The number of hydrogen-bond acceptors (Lipinski definition) is 3. The second kappa shape index (κ2) is 8.33. The van der Waals surface area contributed by atoms with E-state index in [0.717, 1.165) is 22.4 Å². The number of halogens is 1. The van der Waals surface area contributed by atoms with E-state index in [4.69, 9.17) is 16.1 Å². The summed E-state index contributed by atoms with van der Waals surface area (Å²) in [5, 5.41) is 12.0. The van der Waals surface area contributed by atoms with Gasteiger partial charge in [0.05, 0.1) is 5.52 Å². The van der Waals surface area contributed by atoms with E-state index in [2.05, 4.69) is 67.7 Å². The highest BCUT2D eigenvalue weighted by molar-refractivity contribution is 5.95. The number of rotatable bonds is 4. The highest BCUT2D eigenvalue weighted by atomic mass is 35.5. The Morgan fingerprint density at radius 3 is 2.31 bits per heavy atom. The molecule has 29 heavy (non-hydrogen) atoms. The van der Waals surface area contributed by atoms with E-state index < -0.39 is 0 Å². The number of aromatic nitrogens is 1. The molecule has 0 aliphatic heterocycles. The molecule has 0 atom stereocenters. The van der Waals surface area contributed by atoms with Gasteiger partial charge in [-0.25, -0.2) is 4.98 Å². The minimum atomic E-state index is 0. The maximum Gasteiger partial charge on any atom is 0.131 e. The van der Waals surface area contributed by atoms with Crippen molar-refractivity contribution in [3.05, 3.63) is 89.5 Å². The van der Waals surface area contributed by atoms with Crippen LogP contribution in [0.25, 0.3) is 22.0 Å². The number of pyridine rings is 1. The standard InChI is InChI=1S/C24H22N4.ClH/c1-15-5-3-4-6-20(15)18-9-12-21-16(2)13-23(28-22(21)14-18)27-19-10-7-17(8-11-19)24(25)26;/h3-14H,1-2H3,(H3,25,26)(H,27,28);1H. The first-order valence-corrected chi connectivity index (χ1v) is 9.20. The Bertz CT molecular complexity index is 1180. The molecular weight excluding hydrogens is 380 g/mol. The average molecular weight is 403 g/mol. The summed E-state index contributed by atoms with van der Waals surface area (Å²) < 4.78 is 0. The fourth-order valence-corrected chi connectivity index (χ4v) is 3.41. The lowest BCUT2D eigenvalue weighted by molar-refractivity contribution is 1.34. The third kappa shape index (κ3) is 4.23. The Kier molecular flexibility index (Phi) is 5.85. The van der Waals surface area contributed by atoms with Crippen LogP contribution >= 0.6 is 12.4 Å². The first-order valence-electron chi connectivity index (χ1n) is 9.20. The van der Waals surface area contributed by atoms with E-state index in [1.165, 1.54) is 22.3 Å². The second-order valence-electron chi connectivity index (χ2n) is 6.99. The molecule has 3 aromatic carbocycles. The van der Waals surface area contributed by atoms with Crippen molar-refractivity contribution in [1.29, 1.82) is 5.41 Å². The summed E-state index contributed by atoms with van der Waals surface area (Å²) >= 11 is 0. The van der Waals surface area contributed by atoms with Crippen molar-refractivity contribution in [2.45, 2.75) is 13.8 Å². The molecule has 0 spiro atoms. The Hall–Kier alpha value is -3.37. The van der Waals surface area contributed by atoms with Crippen molar-refractivity contribution in [2.24, 2.45) is 5.73 Å². The van der Waals surface area contributed by atoms with Crippen molar-refractivity contribution in [3.63, 3.8) is 0 Å². The van der Waals surface area contributed by atoms with Gasteiger partial charge in [0.1, 0.15) is 11.7 Å². The van der Waals surface area contributed by atoms with Crippen molar-refractivity contribution < 1.29 is 0 Å². The molecule has 5 heteroatoms. The maximum absolute atomic E-state index is 7.50. The molecule has 0 aliphatic carbocycles. The van der Waals surface area contributed by atoms with E-state index in [1.807, 2.05) is 24.3 Å². The second-order valence-corrected chi connectivity index (χ2v) is 6.99. The summed E-state index contributed by atoms with van der Waals surface area (Å²) in [5.41, 5.74) is 12.9. The van der Waals surface area contributed by atoms with Crippen LogP contribution in [0, 0.1) is 19.3 Å². The predicted molar refractivity (Wildman–Crippen MR) is 125 cm³/mol. The third-order valence-corrected chi connectivity index (χ3v) is 4.94. The van der Waals surface area contributed by atoms with E-state index in [1.54, 1.807) is 0 Å². The normalized spacial score (nSPS) is 10.4. The Morgan fingerprint density at radius 2 is 1.62 bits per heavy atom. The number of nitrogens with one attached hydrogen (secondary N) is 2. The van der Waals surface area contributed by atoms with E-state index in [0.29, 0.717) is 5.56 Å². The van der Waals surface area contributed by atoms with E-state index in [-0.39, 0.29) is 18.2 Å². The molecule has 0 saturated heterocycles. The molecule has 0 saturated carbocycles. The average Bonchev–Trinajstić information content (AvgIpc) is 2.68. The van der Waals surface area contributed by atoms with Gasteiger partial charge in [-0.3, -0.25) is 5.41 Å². The SMILES string of the molecule is Cc1ccccc1-c1ccc2c(C)cc(Nc3ccc(C(=N)N)cc3)nc2c1.Cl. The van der Waals surface area contributed by atoms with Crippen molar-refractivity contribution in [2.75, 3.05) is 5.32 Å². The lowest BCUT2D eigenvalue weighted by Crippen LogP contribution is -2.10. The van der Waals surface area contributed by atoms with Gasteiger partial charge in [-0.2, -0.15) is 0 Å². The number of nitrogens with two attached hydrogens (primary N) is 1. The lowest BCUT2D eigenvalue weighted by atomic mass is 9.98. The van der Waals surface area contributed by atoms with Gasteiger partial charge in [-0.05, 0) is 72.5 Å². The largest absolute Gasteiger partial charge is 0.384 e. The first-order chi connectivity index (χ1) is 13.5. The monoisotopic (exact) mass is 402 g/mol. The van der Waals surface area contributed by atoms with Crippen LogP contribution in [0.1, 0.15) is 16.7 Å². The fourth-order valence-electron chi connectivity index (χ4n) is 3.41. The number of benzene rings is 3. The number of aryl methyl sites for hydroxylation is 2. The van der Waals surface area contributed by atoms with Crippen molar-refractivity contribution >= 4 is 40.7 Å². The van der Waals surface area contributed by atoms with E-state index in [9.17, 15) is 0 Å². The topological polar surface area (TPSA) is 74.8 Å². The molecule has 1 heterocycles. The molecular formula is C24H23ClN4. The molecule has 4 N–H and O–H groups in total. The van der Waals surface area contributed by atoms with Gasteiger partial charge >= 0.3 is 0 Å². The summed E-state index contributed by atoms with van der Waals surface area (Å²) in [5.74, 6) is 0.859. The highest BCUT2D eigenvalue weighted by Gasteiger charge is 2.07. The number of anilines is 2. The van der Waals surface area contributed by atoms with Crippen LogP contribution in [0.3, 0.4) is 0 Å². The number of amidine groups is 1. The van der Waals surface area contributed by atoms with Crippen LogP contribution in [0.5, 0.6) is 0 Å². The van der Waals surface area contributed by atoms with Gasteiger partial charge in [-0.15, -0.1) is 12.4 Å². The summed E-state index contributed by atoms with van der Waals surface area (Å²) in [7, 11) is 0. The smallest absolute Gasteiger partial charge is 0.131 e. The van der Waals surface area contributed by atoms with Gasteiger partial charge in [0.25, 0.3) is 0 Å². The molecule has 1 aromatic heterocycles. The molecule has 4 nitrogen and oxygen atoms in total. The Balaban J connectivity index is 0.00000240. The predicted octanol–water partition coefficient (Wildman–Crippen LogP) is 5.97. The lowest BCUT2D eigenvalue weighted by Gasteiger charge is -2.12. The summed E-state index contributed by atoms with van der Waals surface area (Å²) in [4.78, 5) is 4.83. The Labute approximate surface area is 176 Å². The minimum Gasteiger partial charge on any atom is -0.384 e. The molecule has 0 radical (unpaired) electrons. The number of nitrogens with zero attached hydrogens (tertiary/aromatic N) is 1. The number of hydrogen-bond donors (Lipinski definition) is 3. The fraction of sp³-hybridized carbons (Fsp3) is 0.0833. The van der Waals surface area contributed by atoms with Crippen LogP contribution < -0.4 is 11.1 Å². The first kappa shape index (κ1) is 20.4. The van der Waals surface area contributed by atoms with Gasteiger partial charge in [0.15, 0.2) is 0 Å². The zero-order valence-corrected chi connectivity index (χ0v) is 17.2. The van der Waals surface area contributed by atoms with Gasteiger partial charge in [0, 0.05) is 16.6 Å². The zero-order chi connectivity index (χ0) is 19.7. The molecule has 146 valence electrons. The van der Waals surface area contributed by atoms with Crippen LogP contribution in [-0.2, 0) is 0 Å². The van der Waals surface area contributed by atoms with Crippen molar-refractivity contribution in [1.82, 2.24) is 4.98 Å². The van der Waals surface area contributed by atoms with Crippen LogP contribution in [-0.4, -0.2) is 10.8 Å². The minimum absolute atomic E-state index is 0. The quantitative estimate of drug-likeness (QED) is 0.291. The molecule has 0 bridgehead atoms. The highest BCUT2D eigenvalue weighted by Crippen LogP contribution is 2.29. The summed E-state index contributed by atoms with van der Waals surface area (Å²) in [6, 6.07) is 24.4. The summed E-state index contributed by atoms with van der Waals surface area (Å²) in [6.07, 6.45) is 0. The van der Waals surface area contributed by atoms with E-state index >= 15 is 0 Å². The van der Waals surface area contributed by atoms with Crippen LogP contribution in [0.15, 0.2) is 72.8 Å². The molecule has 0 amide bonds. The molecule has 4 rings (SSSR count). The number of nitrogen functional groups attached to an aromatic ring is 1. The molecule has 4 aromatic rings. The van der Waals surface area contributed by atoms with Crippen LogP contribution in [0.4, 0.5) is 11.5 Å². The van der Waals surface area contributed by atoms with Gasteiger partial charge in [-0.1, -0.05) is 36.4 Å². The molecule has 0 fully saturated rings. The number of fused-ring (bicyclic) bond motifs is 1. The summed E-state index contributed by atoms with van der Waals surface area (Å²) in [6.45, 7) is 4.22. The maximum atomic E-state index is 7.50. The Morgan fingerprint density at radius 1 is 0.897 bits per heavy atom. The third-order valence-electron chi connectivity index (χ3n) is 4.94. The molecule has 0 unspecified atom stereocenters. The zero-order valence-electron chi connectivity index (χ0n) is 16.4. The van der Waals surface area contributed by atoms with Gasteiger partial charge < -0.3 is 11.1 Å². The van der Waals surface area contributed by atoms with Gasteiger partial charge in [0.2, 0.25) is 0 Å². The van der Waals surface area contributed by atoms with Crippen LogP contribution in [0.2, 0.25) is 0 Å².